The highest BCUT2D eigenvalue weighted by molar-refractivity contribution is 7.92. The summed E-state index contributed by atoms with van der Waals surface area (Å²) in [5, 5.41) is 3.46. The molecule has 0 saturated heterocycles. The van der Waals surface area contributed by atoms with E-state index in [1.54, 1.807) is 32.0 Å². The number of hydrogen-bond acceptors (Lipinski definition) is 5. The van der Waals surface area contributed by atoms with Crippen LogP contribution < -0.4 is 14.4 Å². The SMILES string of the molecule is CCOc1ccc(S(=O)(=O)N(CC(=O)N(Cc2ccc(Cl)c(Cl)c2)[C@@H](C)C(=O)N[C@H](C)CC)c2ccc(F)cc2)cc1. The van der Waals surface area contributed by atoms with Crippen LogP contribution in [0.2, 0.25) is 10.0 Å². The van der Waals surface area contributed by atoms with Crippen molar-refractivity contribution in [3.05, 3.63) is 88.2 Å². The summed E-state index contributed by atoms with van der Waals surface area (Å²) in [6.07, 6.45) is 0.678. The summed E-state index contributed by atoms with van der Waals surface area (Å²) in [6.45, 7) is 6.82. The number of rotatable bonds is 13. The molecule has 0 bridgehead atoms. The van der Waals surface area contributed by atoms with Crippen molar-refractivity contribution in [3.63, 3.8) is 0 Å². The summed E-state index contributed by atoms with van der Waals surface area (Å²) in [6, 6.07) is 14.3. The minimum atomic E-state index is -4.31. The van der Waals surface area contributed by atoms with E-state index >= 15 is 0 Å². The maximum absolute atomic E-state index is 14.0. The van der Waals surface area contributed by atoms with Crippen molar-refractivity contribution in [3.8, 4) is 5.75 Å². The molecule has 3 rings (SSSR count). The zero-order valence-corrected chi connectivity index (χ0v) is 26.1. The van der Waals surface area contributed by atoms with Crippen LogP contribution in [0.4, 0.5) is 10.1 Å². The van der Waals surface area contributed by atoms with Gasteiger partial charge in [0.05, 0.1) is 27.2 Å². The first kappa shape index (κ1) is 33.2. The average Bonchev–Trinajstić information content (AvgIpc) is 2.96. The molecule has 0 heterocycles. The van der Waals surface area contributed by atoms with Gasteiger partial charge >= 0.3 is 0 Å². The van der Waals surface area contributed by atoms with Gasteiger partial charge in [-0.05, 0) is 93.4 Å². The Hall–Kier alpha value is -3.34. The van der Waals surface area contributed by atoms with Crippen LogP contribution in [0.1, 0.15) is 39.7 Å². The first-order chi connectivity index (χ1) is 19.9. The van der Waals surface area contributed by atoms with E-state index < -0.39 is 40.2 Å². The molecule has 0 saturated carbocycles. The number of nitrogens with one attached hydrogen (secondary N) is 1. The third-order valence-corrected chi connectivity index (χ3v) is 9.15. The minimum absolute atomic E-state index is 0.0504. The number of ether oxygens (including phenoxy) is 1. The van der Waals surface area contributed by atoms with Crippen molar-refractivity contribution >= 4 is 50.7 Å². The molecule has 3 aromatic rings. The van der Waals surface area contributed by atoms with Gasteiger partial charge in [-0.25, -0.2) is 12.8 Å². The summed E-state index contributed by atoms with van der Waals surface area (Å²) in [4.78, 5) is 28.3. The number of amides is 2. The molecule has 0 unspecified atom stereocenters. The molecule has 0 aliphatic heterocycles. The molecule has 2 atom stereocenters. The molecule has 0 aliphatic carbocycles. The number of nitrogens with zero attached hydrogens (tertiary/aromatic N) is 2. The van der Waals surface area contributed by atoms with Crippen LogP contribution in [0.25, 0.3) is 0 Å². The molecular formula is C30H34Cl2FN3O5S. The molecule has 0 spiro atoms. The highest BCUT2D eigenvalue weighted by Crippen LogP contribution is 2.27. The van der Waals surface area contributed by atoms with E-state index in [2.05, 4.69) is 5.32 Å². The fraction of sp³-hybridized carbons (Fsp3) is 0.333. The van der Waals surface area contributed by atoms with Crippen LogP contribution in [-0.2, 0) is 26.2 Å². The number of benzene rings is 3. The molecule has 8 nitrogen and oxygen atoms in total. The molecule has 0 radical (unpaired) electrons. The van der Waals surface area contributed by atoms with Crippen molar-refractivity contribution < 1.29 is 27.1 Å². The second-order valence-corrected chi connectivity index (χ2v) is 12.3. The molecule has 2 amide bonds. The molecule has 0 fully saturated rings. The molecular weight excluding hydrogens is 604 g/mol. The van der Waals surface area contributed by atoms with E-state index in [-0.39, 0.29) is 28.2 Å². The number of halogens is 3. The predicted molar refractivity (Wildman–Crippen MR) is 163 cm³/mol. The summed E-state index contributed by atoms with van der Waals surface area (Å²) in [7, 11) is -4.31. The van der Waals surface area contributed by atoms with Crippen molar-refractivity contribution in [2.75, 3.05) is 17.5 Å². The van der Waals surface area contributed by atoms with Gasteiger partial charge in [0.15, 0.2) is 0 Å². The lowest BCUT2D eigenvalue weighted by atomic mass is 10.1. The Kier molecular flexibility index (Phi) is 11.6. The summed E-state index contributed by atoms with van der Waals surface area (Å²) in [5.74, 6) is -1.15. The molecule has 1 N–H and O–H groups in total. The Balaban J connectivity index is 2.03. The average molecular weight is 639 g/mol. The second kappa shape index (κ2) is 14.7. The number of hydrogen-bond donors (Lipinski definition) is 1. The number of carbonyl (C=O) groups is 2. The minimum Gasteiger partial charge on any atom is -0.494 e. The molecule has 42 heavy (non-hydrogen) atoms. The standard InChI is InChI=1S/C30H34Cl2FN3O5S/c1-5-20(3)34-30(38)21(4)35(18-22-7-16-27(31)28(32)17-22)29(37)19-36(24-10-8-23(33)9-11-24)42(39,40)26-14-12-25(13-15-26)41-6-2/h7-17,20-21H,5-6,18-19H2,1-4H3,(H,34,38)/t20-,21+/m1/s1. The van der Waals surface area contributed by atoms with Gasteiger partial charge in [-0.1, -0.05) is 36.2 Å². The van der Waals surface area contributed by atoms with Gasteiger partial charge < -0.3 is 15.0 Å². The van der Waals surface area contributed by atoms with Gasteiger partial charge in [-0.3, -0.25) is 13.9 Å². The van der Waals surface area contributed by atoms with Gasteiger partial charge in [0.2, 0.25) is 11.8 Å². The van der Waals surface area contributed by atoms with Crippen LogP contribution >= 0.6 is 23.2 Å². The van der Waals surface area contributed by atoms with Gasteiger partial charge in [0, 0.05) is 12.6 Å². The van der Waals surface area contributed by atoms with E-state index in [0.29, 0.717) is 29.4 Å². The first-order valence-corrected chi connectivity index (χ1v) is 15.6. The van der Waals surface area contributed by atoms with E-state index in [4.69, 9.17) is 27.9 Å². The van der Waals surface area contributed by atoms with Gasteiger partial charge in [-0.2, -0.15) is 0 Å². The monoisotopic (exact) mass is 637 g/mol. The number of carbonyl (C=O) groups excluding carboxylic acids is 2. The van der Waals surface area contributed by atoms with Crippen molar-refractivity contribution in [1.82, 2.24) is 10.2 Å². The third-order valence-electron chi connectivity index (χ3n) is 6.62. The van der Waals surface area contributed by atoms with Crippen LogP contribution in [-0.4, -0.2) is 50.4 Å². The van der Waals surface area contributed by atoms with Crippen LogP contribution in [0, 0.1) is 5.82 Å². The molecule has 3 aromatic carbocycles. The van der Waals surface area contributed by atoms with Crippen molar-refractivity contribution in [2.24, 2.45) is 0 Å². The summed E-state index contributed by atoms with van der Waals surface area (Å²) in [5.41, 5.74) is 0.661. The molecule has 0 aliphatic rings. The molecule has 226 valence electrons. The second-order valence-electron chi connectivity index (χ2n) is 9.66. The zero-order valence-electron chi connectivity index (χ0n) is 23.8. The highest BCUT2D eigenvalue weighted by Gasteiger charge is 2.33. The van der Waals surface area contributed by atoms with E-state index in [1.807, 2.05) is 13.8 Å². The van der Waals surface area contributed by atoms with Crippen molar-refractivity contribution in [1.29, 1.82) is 0 Å². The lowest BCUT2D eigenvalue weighted by Crippen LogP contribution is -2.52. The van der Waals surface area contributed by atoms with E-state index in [9.17, 15) is 22.4 Å². The number of sulfonamides is 1. The third kappa shape index (κ3) is 8.36. The van der Waals surface area contributed by atoms with Crippen LogP contribution in [0.3, 0.4) is 0 Å². The van der Waals surface area contributed by atoms with Crippen LogP contribution in [0.15, 0.2) is 71.6 Å². The largest absolute Gasteiger partial charge is 0.494 e. The lowest BCUT2D eigenvalue weighted by molar-refractivity contribution is -0.139. The topological polar surface area (TPSA) is 96.0 Å². The van der Waals surface area contributed by atoms with Gasteiger partial charge in [0.1, 0.15) is 24.2 Å². The fourth-order valence-electron chi connectivity index (χ4n) is 4.02. The summed E-state index contributed by atoms with van der Waals surface area (Å²) < 4.78 is 47.9. The van der Waals surface area contributed by atoms with Gasteiger partial charge in [-0.15, -0.1) is 0 Å². The molecule has 12 heteroatoms. The predicted octanol–water partition coefficient (Wildman–Crippen LogP) is 6.06. The quantitative estimate of drug-likeness (QED) is 0.246. The Bertz CT molecular complexity index is 1490. The number of anilines is 1. The Labute approximate surface area is 256 Å². The Morgan fingerprint density at radius 1 is 0.952 bits per heavy atom. The van der Waals surface area contributed by atoms with E-state index in [1.165, 1.54) is 41.3 Å². The summed E-state index contributed by atoms with van der Waals surface area (Å²) >= 11 is 12.3. The molecule has 0 aromatic heterocycles. The van der Waals surface area contributed by atoms with Crippen LogP contribution in [0.5, 0.6) is 5.75 Å². The first-order valence-electron chi connectivity index (χ1n) is 13.4. The smallest absolute Gasteiger partial charge is 0.264 e. The van der Waals surface area contributed by atoms with E-state index in [0.717, 1.165) is 16.4 Å². The highest BCUT2D eigenvalue weighted by atomic mass is 35.5. The normalized spacial score (nSPS) is 12.7. The maximum atomic E-state index is 14.0. The van der Waals surface area contributed by atoms with Crippen molar-refractivity contribution in [2.45, 2.75) is 57.6 Å². The Morgan fingerprint density at radius 3 is 2.17 bits per heavy atom. The van der Waals surface area contributed by atoms with Gasteiger partial charge in [0.25, 0.3) is 10.0 Å². The zero-order chi connectivity index (χ0) is 31.0. The Morgan fingerprint density at radius 2 is 1.60 bits per heavy atom. The fourth-order valence-corrected chi connectivity index (χ4v) is 5.76. The maximum Gasteiger partial charge on any atom is 0.264 e. The lowest BCUT2D eigenvalue weighted by Gasteiger charge is -2.32.